The van der Waals surface area contributed by atoms with E-state index >= 15 is 0 Å². The summed E-state index contributed by atoms with van der Waals surface area (Å²) in [5.41, 5.74) is 0.894. The molecule has 0 amide bonds. The summed E-state index contributed by atoms with van der Waals surface area (Å²) in [6, 6.07) is 6.96. The third kappa shape index (κ3) is 4.76. The van der Waals surface area contributed by atoms with Crippen LogP contribution in [0.1, 0.15) is 19.4 Å². The highest BCUT2D eigenvalue weighted by atomic mass is 32.2. The van der Waals surface area contributed by atoms with E-state index in [0.29, 0.717) is 0 Å². The van der Waals surface area contributed by atoms with E-state index in [1.807, 2.05) is 26.8 Å². The number of aryl methyl sites for hydroxylation is 1. The molecule has 1 atom stereocenters. The predicted molar refractivity (Wildman–Crippen MR) is 72.4 cm³/mol. The SMILES string of the molecule is Cc1cccc(S(=O)(=O)CC(O)CNC(C)C)c1. The van der Waals surface area contributed by atoms with Crippen LogP contribution in [0.5, 0.6) is 0 Å². The average Bonchev–Trinajstić information content (AvgIpc) is 2.26. The van der Waals surface area contributed by atoms with Crippen LogP contribution in [0.15, 0.2) is 29.2 Å². The van der Waals surface area contributed by atoms with Crippen molar-refractivity contribution in [3.63, 3.8) is 0 Å². The minimum Gasteiger partial charge on any atom is -0.391 e. The fraction of sp³-hybridized carbons (Fsp3) is 0.538. The van der Waals surface area contributed by atoms with Crippen molar-refractivity contribution in [2.45, 2.75) is 37.8 Å². The molecule has 0 aliphatic carbocycles. The summed E-state index contributed by atoms with van der Waals surface area (Å²) in [6.07, 6.45) is -0.891. The van der Waals surface area contributed by atoms with E-state index in [4.69, 9.17) is 0 Å². The van der Waals surface area contributed by atoms with Crippen molar-refractivity contribution in [2.24, 2.45) is 0 Å². The zero-order valence-corrected chi connectivity index (χ0v) is 11.9. The van der Waals surface area contributed by atoms with Gasteiger partial charge in [0.25, 0.3) is 0 Å². The highest BCUT2D eigenvalue weighted by molar-refractivity contribution is 7.91. The van der Waals surface area contributed by atoms with Crippen LogP contribution in [0.2, 0.25) is 0 Å². The minimum absolute atomic E-state index is 0.223. The quantitative estimate of drug-likeness (QED) is 0.814. The Bertz CT molecular complexity index is 483. The number of benzene rings is 1. The number of nitrogens with one attached hydrogen (secondary N) is 1. The van der Waals surface area contributed by atoms with Gasteiger partial charge in [0, 0.05) is 12.6 Å². The fourth-order valence-corrected chi connectivity index (χ4v) is 3.06. The summed E-state index contributed by atoms with van der Waals surface area (Å²) in [7, 11) is -3.42. The molecule has 5 heteroatoms. The molecule has 4 nitrogen and oxygen atoms in total. The molecule has 0 aliphatic rings. The number of hydrogen-bond acceptors (Lipinski definition) is 4. The van der Waals surface area contributed by atoms with Gasteiger partial charge in [0.05, 0.1) is 16.8 Å². The van der Waals surface area contributed by atoms with Gasteiger partial charge in [0.1, 0.15) is 0 Å². The van der Waals surface area contributed by atoms with Crippen molar-refractivity contribution >= 4 is 9.84 Å². The molecule has 0 heterocycles. The molecule has 0 fully saturated rings. The van der Waals surface area contributed by atoms with Crippen molar-refractivity contribution in [1.82, 2.24) is 5.32 Å². The van der Waals surface area contributed by atoms with E-state index in [2.05, 4.69) is 5.32 Å². The third-order valence-electron chi connectivity index (χ3n) is 2.52. The normalized spacial score (nSPS) is 13.8. The number of sulfone groups is 1. The van der Waals surface area contributed by atoms with Gasteiger partial charge in [-0.3, -0.25) is 0 Å². The van der Waals surface area contributed by atoms with Crippen LogP contribution >= 0.6 is 0 Å². The Morgan fingerprint density at radius 3 is 2.56 bits per heavy atom. The lowest BCUT2D eigenvalue weighted by Gasteiger charge is -2.14. The number of rotatable bonds is 6. The van der Waals surface area contributed by atoms with E-state index in [0.717, 1.165) is 5.56 Å². The van der Waals surface area contributed by atoms with Crippen LogP contribution in [-0.2, 0) is 9.84 Å². The van der Waals surface area contributed by atoms with Crippen LogP contribution < -0.4 is 5.32 Å². The van der Waals surface area contributed by atoms with Gasteiger partial charge in [0.2, 0.25) is 0 Å². The lowest BCUT2D eigenvalue weighted by atomic mass is 10.2. The van der Waals surface area contributed by atoms with Gasteiger partial charge in [-0.25, -0.2) is 8.42 Å². The monoisotopic (exact) mass is 271 g/mol. The molecule has 1 aromatic rings. The van der Waals surface area contributed by atoms with Crippen molar-refractivity contribution in [1.29, 1.82) is 0 Å². The van der Waals surface area contributed by atoms with E-state index < -0.39 is 15.9 Å². The molecule has 0 saturated heterocycles. The molecule has 0 saturated carbocycles. The molecule has 1 rings (SSSR count). The van der Waals surface area contributed by atoms with Gasteiger partial charge >= 0.3 is 0 Å². The highest BCUT2D eigenvalue weighted by Gasteiger charge is 2.19. The first-order valence-corrected chi connectivity index (χ1v) is 7.67. The van der Waals surface area contributed by atoms with Gasteiger partial charge in [0.15, 0.2) is 9.84 Å². The van der Waals surface area contributed by atoms with E-state index in [-0.39, 0.29) is 23.2 Å². The Hall–Kier alpha value is -0.910. The molecular formula is C13H21NO3S. The standard InChI is InChI=1S/C13H21NO3S/c1-10(2)14-8-12(15)9-18(16,17)13-6-4-5-11(3)7-13/h4-7,10,12,14-15H,8-9H2,1-3H3. The molecule has 102 valence electrons. The second-order valence-corrected chi connectivity index (χ2v) is 6.85. The van der Waals surface area contributed by atoms with Crippen molar-refractivity contribution < 1.29 is 13.5 Å². The highest BCUT2D eigenvalue weighted by Crippen LogP contribution is 2.13. The van der Waals surface area contributed by atoms with Crippen molar-refractivity contribution in [3.8, 4) is 0 Å². The van der Waals surface area contributed by atoms with Crippen LogP contribution in [-0.4, -0.2) is 38.0 Å². The van der Waals surface area contributed by atoms with Gasteiger partial charge in [-0.05, 0) is 24.6 Å². The summed E-state index contributed by atoms with van der Waals surface area (Å²) in [5, 5.41) is 12.7. The zero-order valence-electron chi connectivity index (χ0n) is 11.1. The molecule has 0 spiro atoms. The smallest absolute Gasteiger partial charge is 0.180 e. The molecule has 0 radical (unpaired) electrons. The van der Waals surface area contributed by atoms with Crippen LogP contribution in [0, 0.1) is 6.92 Å². The molecule has 0 bridgehead atoms. The summed E-state index contributed by atoms with van der Waals surface area (Å²) in [5.74, 6) is -0.254. The lowest BCUT2D eigenvalue weighted by Crippen LogP contribution is -2.35. The topological polar surface area (TPSA) is 66.4 Å². The Balaban J connectivity index is 2.70. The zero-order chi connectivity index (χ0) is 13.8. The Morgan fingerprint density at radius 2 is 2.00 bits per heavy atom. The fourth-order valence-electron chi connectivity index (χ4n) is 1.59. The average molecular weight is 271 g/mol. The molecule has 0 aromatic heterocycles. The second-order valence-electron chi connectivity index (χ2n) is 4.81. The maximum atomic E-state index is 12.1. The molecule has 1 aromatic carbocycles. The Labute approximate surface area is 109 Å². The number of aliphatic hydroxyl groups is 1. The first kappa shape index (κ1) is 15.1. The van der Waals surface area contributed by atoms with Crippen LogP contribution in [0.4, 0.5) is 0 Å². The van der Waals surface area contributed by atoms with Crippen LogP contribution in [0.3, 0.4) is 0 Å². The summed E-state index contributed by atoms with van der Waals surface area (Å²) in [6.45, 7) is 6.02. The van der Waals surface area contributed by atoms with Gasteiger partial charge in [-0.2, -0.15) is 0 Å². The number of hydrogen-bond donors (Lipinski definition) is 2. The Morgan fingerprint density at radius 1 is 1.33 bits per heavy atom. The largest absolute Gasteiger partial charge is 0.391 e. The van der Waals surface area contributed by atoms with Gasteiger partial charge < -0.3 is 10.4 Å². The molecule has 1 unspecified atom stereocenters. The minimum atomic E-state index is -3.42. The molecule has 18 heavy (non-hydrogen) atoms. The molecule has 2 N–H and O–H groups in total. The Kier molecular flexibility index (Phi) is 5.31. The summed E-state index contributed by atoms with van der Waals surface area (Å²) >= 11 is 0. The second kappa shape index (κ2) is 6.31. The van der Waals surface area contributed by atoms with Crippen molar-refractivity contribution in [2.75, 3.05) is 12.3 Å². The van der Waals surface area contributed by atoms with Crippen LogP contribution in [0.25, 0.3) is 0 Å². The van der Waals surface area contributed by atoms with E-state index in [9.17, 15) is 13.5 Å². The first-order valence-electron chi connectivity index (χ1n) is 6.02. The maximum absolute atomic E-state index is 12.1. The molecular weight excluding hydrogens is 250 g/mol. The number of aliphatic hydroxyl groups excluding tert-OH is 1. The lowest BCUT2D eigenvalue weighted by molar-refractivity contribution is 0.190. The third-order valence-corrected chi connectivity index (χ3v) is 4.32. The molecule has 0 aliphatic heterocycles. The van der Waals surface area contributed by atoms with E-state index in [1.54, 1.807) is 18.2 Å². The predicted octanol–water partition coefficient (Wildman–Crippen LogP) is 1.13. The maximum Gasteiger partial charge on any atom is 0.180 e. The van der Waals surface area contributed by atoms with E-state index in [1.165, 1.54) is 0 Å². The van der Waals surface area contributed by atoms with Gasteiger partial charge in [-0.1, -0.05) is 26.0 Å². The summed E-state index contributed by atoms with van der Waals surface area (Å²) < 4.78 is 24.1. The summed E-state index contributed by atoms with van der Waals surface area (Å²) in [4.78, 5) is 0.270. The van der Waals surface area contributed by atoms with Gasteiger partial charge in [-0.15, -0.1) is 0 Å². The first-order chi connectivity index (χ1) is 8.31. The van der Waals surface area contributed by atoms with Crippen molar-refractivity contribution in [3.05, 3.63) is 29.8 Å².